The molecule has 4 N–H and O–H groups in total. The molecule has 0 bridgehead atoms. The minimum Gasteiger partial charge on any atom is -0.505 e. The lowest BCUT2D eigenvalue weighted by Gasteiger charge is -2.11. The molecule has 0 amide bonds. The van der Waals surface area contributed by atoms with Crippen molar-refractivity contribution in [3.8, 4) is 5.75 Å². The average molecular weight is 318 g/mol. The Hall–Kier alpha value is -1.80. The van der Waals surface area contributed by atoms with Crippen LogP contribution >= 0.6 is 7.82 Å². The molecule has 116 valence electrons. The number of rotatable bonds is 6. The highest BCUT2D eigenvalue weighted by Gasteiger charge is 2.18. The number of aliphatic carboxylic acids is 1. The number of carboxylic acids is 1. The maximum absolute atomic E-state index is 10.7. The molecule has 0 saturated heterocycles. The number of pyridine rings is 1. The summed E-state index contributed by atoms with van der Waals surface area (Å²) in [4.78, 5) is 35.6. The predicted molar refractivity (Wildman–Crippen MR) is 72.2 cm³/mol. The number of carboxylic acid groups (broad SMARTS) is 1. The van der Waals surface area contributed by atoms with Crippen molar-refractivity contribution in [1.29, 1.82) is 0 Å². The van der Waals surface area contributed by atoms with Crippen LogP contribution in [0.1, 0.15) is 23.7 Å². The highest BCUT2D eigenvalue weighted by atomic mass is 31.2. The third-order valence-electron chi connectivity index (χ3n) is 2.53. The zero-order valence-corrected chi connectivity index (χ0v) is 12.2. The average Bonchev–Trinajstić information content (AvgIpc) is 2.37. The van der Waals surface area contributed by atoms with Crippen molar-refractivity contribution in [1.82, 2.24) is 4.98 Å². The van der Waals surface area contributed by atoms with Crippen LogP contribution in [0.2, 0.25) is 0 Å². The van der Waals surface area contributed by atoms with Crippen molar-refractivity contribution in [2.24, 2.45) is 4.99 Å². The number of hydrogen-bond acceptors (Lipinski definition) is 6. The number of aromatic hydroxyl groups is 1. The van der Waals surface area contributed by atoms with E-state index in [-0.39, 0.29) is 22.6 Å². The summed E-state index contributed by atoms with van der Waals surface area (Å²) in [5.74, 6) is -1.41. The van der Waals surface area contributed by atoms with Gasteiger partial charge in [0.2, 0.25) is 0 Å². The van der Waals surface area contributed by atoms with Crippen LogP contribution in [0.15, 0.2) is 11.2 Å². The summed E-state index contributed by atoms with van der Waals surface area (Å²) in [6.45, 7) is 2.35. The number of hydrogen-bond donors (Lipinski definition) is 4. The van der Waals surface area contributed by atoms with E-state index in [1.165, 1.54) is 20.0 Å². The van der Waals surface area contributed by atoms with E-state index in [0.717, 1.165) is 6.21 Å². The first-order valence-corrected chi connectivity index (χ1v) is 7.28. The molecule has 9 nitrogen and oxygen atoms in total. The van der Waals surface area contributed by atoms with Crippen LogP contribution in [-0.2, 0) is 20.5 Å². The molecule has 0 fully saturated rings. The molecule has 0 aliphatic carbocycles. The molecule has 1 aromatic heterocycles. The molecule has 0 aliphatic heterocycles. The molecular weight excluding hydrogens is 303 g/mol. The summed E-state index contributed by atoms with van der Waals surface area (Å²) in [7, 11) is -4.68. The Balaban J connectivity index is 3.12. The van der Waals surface area contributed by atoms with Crippen LogP contribution in [-0.4, -0.2) is 43.2 Å². The Morgan fingerprint density at radius 2 is 2.19 bits per heavy atom. The number of nitrogens with zero attached hydrogens (tertiary/aromatic N) is 2. The monoisotopic (exact) mass is 318 g/mol. The van der Waals surface area contributed by atoms with Gasteiger partial charge in [-0.3, -0.25) is 14.5 Å². The largest absolute Gasteiger partial charge is 0.505 e. The van der Waals surface area contributed by atoms with Gasteiger partial charge in [0.1, 0.15) is 11.8 Å². The van der Waals surface area contributed by atoms with E-state index in [9.17, 15) is 14.5 Å². The number of aromatic nitrogens is 1. The Bertz CT molecular complexity index is 611. The second kappa shape index (κ2) is 6.77. The number of phosphoric acid groups is 1. The molecule has 0 spiro atoms. The van der Waals surface area contributed by atoms with Crippen molar-refractivity contribution in [2.45, 2.75) is 26.5 Å². The van der Waals surface area contributed by atoms with E-state index >= 15 is 0 Å². The van der Waals surface area contributed by atoms with Crippen LogP contribution in [0.5, 0.6) is 5.75 Å². The van der Waals surface area contributed by atoms with Crippen LogP contribution in [0.4, 0.5) is 0 Å². The summed E-state index contributed by atoms with van der Waals surface area (Å²) in [6.07, 6.45) is 2.37. The summed E-state index contributed by atoms with van der Waals surface area (Å²) in [5.41, 5.74) is 0.533. The van der Waals surface area contributed by atoms with Gasteiger partial charge in [0, 0.05) is 23.5 Å². The van der Waals surface area contributed by atoms with Gasteiger partial charge in [-0.1, -0.05) is 0 Å². The van der Waals surface area contributed by atoms with Crippen molar-refractivity contribution in [3.63, 3.8) is 0 Å². The van der Waals surface area contributed by atoms with Gasteiger partial charge in [0.15, 0.2) is 0 Å². The van der Waals surface area contributed by atoms with Crippen molar-refractivity contribution < 1.29 is 33.9 Å². The fourth-order valence-corrected chi connectivity index (χ4v) is 1.62. The summed E-state index contributed by atoms with van der Waals surface area (Å²) >= 11 is 0. The molecular formula is C11H15N2O7P. The molecule has 10 heteroatoms. The first-order valence-electron chi connectivity index (χ1n) is 5.75. The second-order valence-corrected chi connectivity index (χ2v) is 5.43. The molecule has 0 aromatic carbocycles. The standard InChI is InChI=1S/C11H15N2O7P/c1-6-10(14)9(4-13-7(2)11(15)16)8(3-12-6)5-20-21(17,18)19/h3-4,7,14H,5H2,1-2H3,(H,15,16)(H2,17,18,19). The summed E-state index contributed by atoms with van der Waals surface area (Å²) in [5, 5.41) is 18.7. The van der Waals surface area contributed by atoms with Gasteiger partial charge in [-0.15, -0.1) is 0 Å². The first-order chi connectivity index (χ1) is 9.61. The third-order valence-corrected chi connectivity index (χ3v) is 3.00. The normalized spacial score (nSPS) is 13.5. The SMILES string of the molecule is Cc1ncc(COP(=O)(O)O)c(C=NC(C)C(=O)O)c1O. The van der Waals surface area contributed by atoms with E-state index in [0.29, 0.717) is 0 Å². The Morgan fingerprint density at radius 3 is 2.71 bits per heavy atom. The number of carbonyl (C=O) groups is 1. The van der Waals surface area contributed by atoms with Crippen LogP contribution in [0, 0.1) is 6.92 Å². The Labute approximate surface area is 120 Å². The maximum Gasteiger partial charge on any atom is 0.469 e. The highest BCUT2D eigenvalue weighted by molar-refractivity contribution is 7.46. The zero-order valence-electron chi connectivity index (χ0n) is 11.3. The quantitative estimate of drug-likeness (QED) is 0.440. The summed E-state index contributed by atoms with van der Waals surface area (Å²) < 4.78 is 15.0. The minimum absolute atomic E-state index is 0.101. The lowest BCUT2D eigenvalue weighted by Crippen LogP contribution is -2.13. The lowest BCUT2D eigenvalue weighted by atomic mass is 10.1. The molecule has 0 saturated carbocycles. The fraction of sp³-hybridized carbons (Fsp3) is 0.364. The molecule has 1 aromatic rings. The number of phosphoric ester groups is 1. The molecule has 21 heavy (non-hydrogen) atoms. The zero-order chi connectivity index (χ0) is 16.2. The van der Waals surface area contributed by atoms with Gasteiger partial charge in [0.05, 0.1) is 12.3 Å². The topological polar surface area (TPSA) is 150 Å². The molecule has 0 radical (unpaired) electrons. The second-order valence-electron chi connectivity index (χ2n) is 4.19. The van der Waals surface area contributed by atoms with Gasteiger partial charge in [-0.2, -0.15) is 0 Å². The van der Waals surface area contributed by atoms with E-state index in [4.69, 9.17) is 14.9 Å². The number of aliphatic imine (C=N–C) groups is 1. The van der Waals surface area contributed by atoms with Gasteiger partial charge in [-0.25, -0.2) is 9.36 Å². The molecule has 1 atom stereocenters. The summed E-state index contributed by atoms with van der Waals surface area (Å²) in [6, 6.07) is -1.03. The van der Waals surface area contributed by atoms with Crippen molar-refractivity contribution in [2.75, 3.05) is 0 Å². The lowest BCUT2D eigenvalue weighted by molar-refractivity contribution is -0.137. The Kier molecular flexibility index (Phi) is 5.56. The molecule has 0 aliphatic rings. The van der Waals surface area contributed by atoms with Gasteiger partial charge in [-0.05, 0) is 13.8 Å². The van der Waals surface area contributed by atoms with Gasteiger partial charge in [0.25, 0.3) is 0 Å². The van der Waals surface area contributed by atoms with Crippen molar-refractivity contribution >= 4 is 20.0 Å². The van der Waals surface area contributed by atoms with E-state index in [2.05, 4.69) is 14.5 Å². The van der Waals surface area contributed by atoms with Crippen LogP contribution < -0.4 is 0 Å². The van der Waals surface area contributed by atoms with E-state index in [1.54, 1.807) is 0 Å². The van der Waals surface area contributed by atoms with E-state index in [1.807, 2.05) is 0 Å². The molecule has 1 rings (SSSR count). The number of aryl methyl sites for hydroxylation is 1. The van der Waals surface area contributed by atoms with Gasteiger partial charge < -0.3 is 20.0 Å². The molecule has 1 unspecified atom stereocenters. The van der Waals surface area contributed by atoms with Crippen LogP contribution in [0.3, 0.4) is 0 Å². The van der Waals surface area contributed by atoms with Crippen LogP contribution in [0.25, 0.3) is 0 Å². The predicted octanol–water partition coefficient (Wildman–Crippen LogP) is 0.597. The van der Waals surface area contributed by atoms with Crippen molar-refractivity contribution in [3.05, 3.63) is 23.0 Å². The van der Waals surface area contributed by atoms with Gasteiger partial charge >= 0.3 is 13.8 Å². The fourth-order valence-electron chi connectivity index (χ4n) is 1.32. The molecule has 1 heterocycles. The highest BCUT2D eigenvalue weighted by Crippen LogP contribution is 2.37. The first kappa shape index (κ1) is 17.3. The van der Waals surface area contributed by atoms with E-state index < -0.39 is 26.4 Å². The minimum atomic E-state index is -4.68. The maximum atomic E-state index is 10.7. The third kappa shape index (κ3) is 5.24. The Morgan fingerprint density at radius 1 is 1.57 bits per heavy atom. The smallest absolute Gasteiger partial charge is 0.469 e.